The number of nitrogens with zero attached hydrogens (tertiary/aromatic N) is 2. The molecule has 3 rings (SSSR count). The van der Waals surface area contributed by atoms with Crippen molar-refractivity contribution in [2.75, 3.05) is 11.1 Å². The molecule has 1 N–H and O–H groups in total. The van der Waals surface area contributed by atoms with Gasteiger partial charge in [0.05, 0.1) is 37.4 Å². The van der Waals surface area contributed by atoms with E-state index in [4.69, 9.17) is 34.8 Å². The molecule has 0 saturated heterocycles. The van der Waals surface area contributed by atoms with Gasteiger partial charge in [0.25, 0.3) is 5.56 Å². The highest BCUT2D eigenvalue weighted by atomic mass is 35.5. The van der Waals surface area contributed by atoms with E-state index in [0.717, 1.165) is 6.42 Å². The minimum Gasteiger partial charge on any atom is -0.324 e. The van der Waals surface area contributed by atoms with Crippen molar-refractivity contribution in [3.8, 4) is 0 Å². The number of fused-ring (bicyclic) bond motifs is 1. The van der Waals surface area contributed by atoms with Gasteiger partial charge >= 0.3 is 0 Å². The van der Waals surface area contributed by atoms with E-state index in [2.05, 4.69) is 10.3 Å². The fourth-order valence-corrected chi connectivity index (χ4v) is 4.22. The highest BCUT2D eigenvalue weighted by Crippen LogP contribution is 2.32. The van der Waals surface area contributed by atoms with Crippen LogP contribution in [0, 0.1) is 0 Å². The summed E-state index contributed by atoms with van der Waals surface area (Å²) in [6.07, 6.45) is 0.762. The zero-order chi connectivity index (χ0) is 21.1. The van der Waals surface area contributed by atoms with Crippen molar-refractivity contribution < 1.29 is 4.79 Å². The van der Waals surface area contributed by atoms with Gasteiger partial charge < -0.3 is 5.32 Å². The maximum absolute atomic E-state index is 13.0. The third-order valence-electron chi connectivity index (χ3n) is 4.42. The van der Waals surface area contributed by atoms with E-state index < -0.39 is 0 Å². The van der Waals surface area contributed by atoms with Crippen molar-refractivity contribution in [3.63, 3.8) is 0 Å². The van der Waals surface area contributed by atoms with Crippen LogP contribution in [0.25, 0.3) is 10.9 Å². The third-order valence-corrected chi connectivity index (χ3v) is 6.41. The minimum atomic E-state index is -0.298. The number of carbonyl (C=O) groups excluding carboxylic acids is 1. The van der Waals surface area contributed by atoms with E-state index in [1.54, 1.807) is 16.7 Å². The topological polar surface area (TPSA) is 64.0 Å². The van der Waals surface area contributed by atoms with Gasteiger partial charge in [0.2, 0.25) is 5.91 Å². The molecule has 0 aliphatic carbocycles. The first-order valence-electron chi connectivity index (χ1n) is 8.90. The van der Waals surface area contributed by atoms with Crippen LogP contribution in [0.5, 0.6) is 0 Å². The normalized spacial score (nSPS) is 12.2. The molecule has 0 fully saturated rings. The molecule has 0 saturated carbocycles. The van der Waals surface area contributed by atoms with Crippen molar-refractivity contribution in [3.05, 3.63) is 61.8 Å². The number of hydrogen-bond acceptors (Lipinski definition) is 4. The van der Waals surface area contributed by atoms with Crippen LogP contribution in [0.1, 0.15) is 26.3 Å². The summed E-state index contributed by atoms with van der Waals surface area (Å²) in [6, 6.07) is 10.1. The highest BCUT2D eigenvalue weighted by molar-refractivity contribution is 7.99. The largest absolute Gasteiger partial charge is 0.324 e. The molecular formula is C20H18Cl3N3O2S. The Morgan fingerprint density at radius 3 is 2.59 bits per heavy atom. The highest BCUT2D eigenvalue weighted by Gasteiger charge is 2.17. The predicted molar refractivity (Wildman–Crippen MR) is 122 cm³/mol. The number of rotatable bonds is 6. The number of amides is 1. The zero-order valence-corrected chi connectivity index (χ0v) is 18.8. The quantitative estimate of drug-likeness (QED) is 0.270. The molecule has 0 aliphatic heterocycles. The van der Waals surface area contributed by atoms with Gasteiger partial charge in [0, 0.05) is 6.04 Å². The van der Waals surface area contributed by atoms with Crippen LogP contribution in [-0.2, 0) is 4.79 Å². The van der Waals surface area contributed by atoms with Crippen LogP contribution in [0.15, 0.2) is 46.3 Å². The van der Waals surface area contributed by atoms with Crippen molar-refractivity contribution in [1.82, 2.24) is 9.55 Å². The minimum absolute atomic E-state index is 0.0466. The van der Waals surface area contributed by atoms with Crippen molar-refractivity contribution >= 4 is 69.1 Å². The molecule has 0 aliphatic rings. The third kappa shape index (κ3) is 4.89. The second-order valence-electron chi connectivity index (χ2n) is 6.43. The van der Waals surface area contributed by atoms with E-state index in [9.17, 15) is 9.59 Å². The van der Waals surface area contributed by atoms with Crippen LogP contribution in [-0.4, -0.2) is 21.2 Å². The molecule has 0 bridgehead atoms. The van der Waals surface area contributed by atoms with Gasteiger partial charge in [0.15, 0.2) is 5.16 Å². The number of anilines is 1. The maximum Gasteiger partial charge on any atom is 0.262 e. The van der Waals surface area contributed by atoms with Gasteiger partial charge in [-0.2, -0.15) is 0 Å². The summed E-state index contributed by atoms with van der Waals surface area (Å²) >= 11 is 19.2. The van der Waals surface area contributed by atoms with E-state index in [1.165, 1.54) is 23.9 Å². The van der Waals surface area contributed by atoms with E-state index in [1.807, 2.05) is 26.0 Å². The molecule has 3 aromatic rings. The second kappa shape index (κ2) is 9.39. The first kappa shape index (κ1) is 22.0. The molecule has 1 unspecified atom stereocenters. The number of aromatic nitrogens is 2. The Morgan fingerprint density at radius 2 is 1.86 bits per heavy atom. The van der Waals surface area contributed by atoms with Crippen molar-refractivity contribution in [1.29, 1.82) is 0 Å². The Hall–Kier alpha value is -1.73. The number of hydrogen-bond donors (Lipinski definition) is 1. The summed E-state index contributed by atoms with van der Waals surface area (Å²) in [5, 5.41) is 4.66. The first-order valence-corrected chi connectivity index (χ1v) is 11.0. The maximum atomic E-state index is 13.0. The average molecular weight is 471 g/mol. The number of thioether (sulfide) groups is 1. The number of halogens is 3. The predicted octanol–water partition coefficient (Wildman–Crippen LogP) is 6.06. The number of para-hydroxylation sites is 1. The van der Waals surface area contributed by atoms with Crippen molar-refractivity contribution in [2.45, 2.75) is 31.5 Å². The fraction of sp³-hybridized carbons (Fsp3) is 0.250. The van der Waals surface area contributed by atoms with Gasteiger partial charge in [0.1, 0.15) is 0 Å². The summed E-state index contributed by atoms with van der Waals surface area (Å²) in [7, 11) is 0. The van der Waals surface area contributed by atoms with Crippen molar-refractivity contribution in [2.24, 2.45) is 0 Å². The van der Waals surface area contributed by atoms with Crippen LogP contribution in [0.2, 0.25) is 15.1 Å². The molecule has 0 spiro atoms. The average Bonchev–Trinajstić information content (AvgIpc) is 2.70. The molecule has 1 heterocycles. The molecule has 152 valence electrons. The van der Waals surface area contributed by atoms with Gasteiger partial charge in [-0.1, -0.05) is 65.6 Å². The molecule has 5 nitrogen and oxygen atoms in total. The van der Waals surface area contributed by atoms with Crippen LogP contribution >= 0.6 is 46.6 Å². The Labute approximate surface area is 187 Å². The molecular weight excluding hydrogens is 453 g/mol. The van der Waals surface area contributed by atoms with E-state index in [0.29, 0.717) is 31.8 Å². The number of nitrogens with one attached hydrogen (secondary N) is 1. The fourth-order valence-electron chi connectivity index (χ4n) is 2.73. The summed E-state index contributed by atoms with van der Waals surface area (Å²) in [5.41, 5.74) is 0.866. The molecule has 1 amide bonds. The molecule has 1 aromatic heterocycles. The van der Waals surface area contributed by atoms with Gasteiger partial charge in [-0.3, -0.25) is 14.2 Å². The van der Waals surface area contributed by atoms with Gasteiger partial charge in [-0.25, -0.2) is 4.98 Å². The first-order chi connectivity index (χ1) is 13.8. The second-order valence-corrected chi connectivity index (χ2v) is 8.59. The molecule has 9 heteroatoms. The Bertz CT molecular complexity index is 1130. The lowest BCUT2D eigenvalue weighted by Crippen LogP contribution is -2.26. The van der Waals surface area contributed by atoms with E-state index >= 15 is 0 Å². The molecule has 1 atom stereocenters. The lowest BCUT2D eigenvalue weighted by atomic mass is 10.2. The zero-order valence-electron chi connectivity index (χ0n) is 15.7. The standard InChI is InChI=1S/C20H18Cl3N3O2S/c1-3-11(2)26-19(28)12-6-4-5-7-16(12)25-20(26)29-10-18(27)24-17-9-14(22)13(21)8-15(17)23/h4-9,11H,3,10H2,1-2H3,(H,24,27). The summed E-state index contributed by atoms with van der Waals surface area (Å²) in [6.45, 7) is 3.96. The van der Waals surface area contributed by atoms with Gasteiger partial charge in [-0.15, -0.1) is 0 Å². The molecule has 2 aromatic carbocycles. The summed E-state index contributed by atoms with van der Waals surface area (Å²) in [5.74, 6) is -0.244. The number of benzene rings is 2. The van der Waals surface area contributed by atoms with Gasteiger partial charge in [-0.05, 0) is 37.6 Å². The SMILES string of the molecule is CCC(C)n1c(SCC(=O)Nc2cc(Cl)c(Cl)cc2Cl)nc2ccccc2c1=O. The lowest BCUT2D eigenvalue weighted by Gasteiger charge is -2.18. The molecule has 0 radical (unpaired) electrons. The monoisotopic (exact) mass is 469 g/mol. The smallest absolute Gasteiger partial charge is 0.262 e. The Kier molecular flexibility index (Phi) is 7.11. The summed E-state index contributed by atoms with van der Waals surface area (Å²) < 4.78 is 1.65. The molecule has 29 heavy (non-hydrogen) atoms. The van der Waals surface area contributed by atoms with Crippen LogP contribution in [0.4, 0.5) is 5.69 Å². The Balaban J connectivity index is 1.85. The van der Waals surface area contributed by atoms with Crippen LogP contribution < -0.4 is 10.9 Å². The van der Waals surface area contributed by atoms with Crippen LogP contribution in [0.3, 0.4) is 0 Å². The Morgan fingerprint density at radius 1 is 1.17 bits per heavy atom. The summed E-state index contributed by atoms with van der Waals surface area (Å²) in [4.78, 5) is 30.0. The lowest BCUT2D eigenvalue weighted by molar-refractivity contribution is -0.113. The number of carbonyl (C=O) groups is 1. The van der Waals surface area contributed by atoms with E-state index in [-0.39, 0.29) is 28.3 Å².